The Bertz CT molecular complexity index is 741. The van der Waals surface area contributed by atoms with Gasteiger partial charge in [0.05, 0.1) is 15.2 Å². The molecule has 3 rings (SSSR count). The van der Waals surface area contributed by atoms with Crippen LogP contribution in [0.4, 0.5) is 14.5 Å². The van der Waals surface area contributed by atoms with E-state index in [0.717, 1.165) is 15.2 Å². The fourth-order valence-electron chi connectivity index (χ4n) is 1.54. The van der Waals surface area contributed by atoms with Crippen molar-refractivity contribution in [2.24, 2.45) is 0 Å². The van der Waals surface area contributed by atoms with Crippen molar-refractivity contribution in [3.8, 4) is 0 Å². The molecule has 0 radical (unpaired) electrons. The molecule has 0 atom stereocenters. The molecule has 1 heterocycles. The van der Waals surface area contributed by atoms with Gasteiger partial charge in [0.15, 0.2) is 0 Å². The summed E-state index contributed by atoms with van der Waals surface area (Å²) in [4.78, 5) is 4.76. The van der Waals surface area contributed by atoms with E-state index >= 15 is 0 Å². The summed E-state index contributed by atoms with van der Waals surface area (Å²) in [7, 11) is 0. The van der Waals surface area contributed by atoms with Crippen LogP contribution in [0.2, 0.25) is 0 Å². The molecule has 20 heavy (non-hydrogen) atoms. The van der Waals surface area contributed by atoms with Gasteiger partial charge >= 0.3 is 0 Å². The number of hydrogen-bond donors (Lipinski definition) is 2. The second-order valence-electron chi connectivity index (χ2n) is 4.05. The van der Waals surface area contributed by atoms with Crippen LogP contribution in [-0.4, -0.2) is 4.98 Å². The minimum absolute atomic E-state index is 0.220. The number of benzene rings is 2. The molecule has 0 aliphatic rings. The summed E-state index contributed by atoms with van der Waals surface area (Å²) in [6, 6.07) is 8.75. The number of halogens is 2. The zero-order valence-electron chi connectivity index (χ0n) is 10.6. The lowest BCUT2D eigenvalue weighted by molar-refractivity contribution is 0.627. The van der Waals surface area contributed by atoms with Crippen LogP contribution in [0.1, 0.15) is 5.01 Å². The van der Waals surface area contributed by atoms with Crippen molar-refractivity contribution in [2.75, 3.05) is 5.73 Å². The average Bonchev–Trinajstić information content (AvgIpc) is 2.74. The molecule has 0 aliphatic heterocycles. The van der Waals surface area contributed by atoms with Crippen LogP contribution in [0.5, 0.6) is 0 Å². The molecule has 0 fully saturated rings. The van der Waals surface area contributed by atoms with E-state index in [2.05, 4.69) is 17.6 Å². The standard InChI is InChI=1S/C8H6FNS.C6H6FNS/c1-5-10-7-4-6(9)2-3-8(7)11-5;7-4-1-2-6(9)5(8)3-4/h2-4H,1H3;1-3,9H,8H2. The van der Waals surface area contributed by atoms with Crippen molar-refractivity contribution in [1.82, 2.24) is 4.98 Å². The minimum atomic E-state index is -0.328. The van der Waals surface area contributed by atoms with Crippen molar-refractivity contribution in [3.63, 3.8) is 0 Å². The summed E-state index contributed by atoms with van der Waals surface area (Å²) in [5, 5.41) is 0.977. The van der Waals surface area contributed by atoms with Gasteiger partial charge in [-0.15, -0.1) is 24.0 Å². The normalized spacial score (nSPS) is 10.2. The Balaban J connectivity index is 0.000000151. The summed E-state index contributed by atoms with van der Waals surface area (Å²) in [5.74, 6) is -0.548. The highest BCUT2D eigenvalue weighted by atomic mass is 32.1. The van der Waals surface area contributed by atoms with E-state index in [1.807, 2.05) is 6.92 Å². The summed E-state index contributed by atoms with van der Waals surface area (Å²) in [6.07, 6.45) is 0. The predicted molar refractivity (Wildman–Crippen MR) is 82.4 cm³/mol. The van der Waals surface area contributed by atoms with Gasteiger partial charge in [-0.3, -0.25) is 0 Å². The molecule has 0 amide bonds. The summed E-state index contributed by atoms with van der Waals surface area (Å²) in [5.41, 5.74) is 6.43. The minimum Gasteiger partial charge on any atom is -0.398 e. The number of thiol groups is 1. The van der Waals surface area contributed by atoms with Gasteiger partial charge in [-0.2, -0.15) is 0 Å². The smallest absolute Gasteiger partial charge is 0.125 e. The predicted octanol–water partition coefficient (Wildman–Crippen LogP) is 4.44. The lowest BCUT2D eigenvalue weighted by Gasteiger charge is -1.95. The van der Waals surface area contributed by atoms with Gasteiger partial charge in [-0.1, -0.05) is 0 Å². The monoisotopic (exact) mass is 310 g/mol. The van der Waals surface area contributed by atoms with Crippen molar-refractivity contribution in [1.29, 1.82) is 0 Å². The van der Waals surface area contributed by atoms with E-state index in [9.17, 15) is 8.78 Å². The van der Waals surface area contributed by atoms with Crippen LogP contribution in [-0.2, 0) is 0 Å². The maximum absolute atomic E-state index is 12.6. The van der Waals surface area contributed by atoms with Crippen LogP contribution in [0.25, 0.3) is 10.2 Å². The molecule has 3 aromatic rings. The van der Waals surface area contributed by atoms with E-state index in [4.69, 9.17) is 5.73 Å². The number of fused-ring (bicyclic) bond motifs is 1. The first-order valence-corrected chi connectivity index (χ1v) is 6.99. The molecule has 6 heteroatoms. The molecule has 2 aromatic carbocycles. The molecule has 2 N–H and O–H groups in total. The Morgan fingerprint density at radius 2 is 1.75 bits per heavy atom. The average molecular weight is 310 g/mol. The third kappa shape index (κ3) is 3.68. The first kappa shape index (κ1) is 14.7. The molecule has 0 unspecified atom stereocenters. The molecular formula is C14H12F2N2S2. The number of thiazole rings is 1. The molecule has 0 bridgehead atoms. The fraction of sp³-hybridized carbons (Fsp3) is 0.0714. The van der Waals surface area contributed by atoms with Crippen LogP contribution in [0.3, 0.4) is 0 Å². The number of aryl methyl sites for hydroxylation is 1. The highest BCUT2D eigenvalue weighted by Crippen LogP contribution is 2.21. The lowest BCUT2D eigenvalue weighted by atomic mass is 10.3. The van der Waals surface area contributed by atoms with Gasteiger partial charge in [0, 0.05) is 16.6 Å². The molecule has 0 saturated heterocycles. The number of nitrogens with zero attached hydrogens (tertiary/aromatic N) is 1. The largest absolute Gasteiger partial charge is 0.398 e. The number of rotatable bonds is 0. The maximum Gasteiger partial charge on any atom is 0.125 e. The third-order valence-corrected chi connectivity index (χ3v) is 3.81. The van der Waals surface area contributed by atoms with Crippen molar-refractivity contribution >= 4 is 39.9 Å². The van der Waals surface area contributed by atoms with E-state index in [-0.39, 0.29) is 11.6 Å². The van der Waals surface area contributed by atoms with Gasteiger partial charge in [0.1, 0.15) is 11.6 Å². The highest BCUT2D eigenvalue weighted by molar-refractivity contribution is 7.80. The third-order valence-electron chi connectivity index (χ3n) is 2.45. The fourth-order valence-corrected chi connectivity index (χ4v) is 2.49. The van der Waals surface area contributed by atoms with Crippen molar-refractivity contribution in [2.45, 2.75) is 11.8 Å². The summed E-state index contributed by atoms with van der Waals surface area (Å²) in [6.45, 7) is 1.92. The van der Waals surface area contributed by atoms with Gasteiger partial charge in [0.2, 0.25) is 0 Å². The molecular weight excluding hydrogens is 298 g/mol. The topological polar surface area (TPSA) is 38.9 Å². The van der Waals surface area contributed by atoms with Crippen LogP contribution >= 0.6 is 24.0 Å². The Morgan fingerprint density at radius 1 is 1.10 bits per heavy atom. The van der Waals surface area contributed by atoms with Gasteiger partial charge in [0.25, 0.3) is 0 Å². The van der Waals surface area contributed by atoms with E-state index in [1.54, 1.807) is 17.4 Å². The van der Waals surface area contributed by atoms with Gasteiger partial charge in [-0.05, 0) is 37.3 Å². The number of nitrogens with two attached hydrogens (primary N) is 1. The van der Waals surface area contributed by atoms with E-state index in [0.29, 0.717) is 10.6 Å². The molecule has 1 aromatic heterocycles. The summed E-state index contributed by atoms with van der Waals surface area (Å²) >= 11 is 5.54. The first-order chi connectivity index (χ1) is 9.45. The molecule has 2 nitrogen and oxygen atoms in total. The van der Waals surface area contributed by atoms with Crippen molar-refractivity contribution in [3.05, 3.63) is 53.0 Å². The Kier molecular flexibility index (Phi) is 4.57. The molecule has 0 spiro atoms. The lowest BCUT2D eigenvalue weighted by Crippen LogP contribution is -1.86. The molecule has 0 saturated carbocycles. The number of hydrogen-bond acceptors (Lipinski definition) is 4. The zero-order valence-corrected chi connectivity index (χ0v) is 12.3. The SMILES string of the molecule is Cc1nc2cc(F)ccc2s1.Nc1cc(F)ccc1S. The second kappa shape index (κ2) is 6.19. The van der Waals surface area contributed by atoms with Crippen LogP contribution in [0, 0.1) is 18.6 Å². The molecule has 104 valence electrons. The van der Waals surface area contributed by atoms with Gasteiger partial charge < -0.3 is 5.73 Å². The van der Waals surface area contributed by atoms with Crippen LogP contribution in [0.15, 0.2) is 41.3 Å². The van der Waals surface area contributed by atoms with E-state index < -0.39 is 0 Å². The first-order valence-electron chi connectivity index (χ1n) is 5.72. The van der Waals surface area contributed by atoms with Gasteiger partial charge in [-0.25, -0.2) is 13.8 Å². The van der Waals surface area contributed by atoms with Crippen LogP contribution < -0.4 is 5.73 Å². The Hall–Kier alpha value is -1.66. The Morgan fingerprint density at radius 3 is 2.40 bits per heavy atom. The van der Waals surface area contributed by atoms with Crippen molar-refractivity contribution < 1.29 is 8.78 Å². The second-order valence-corrected chi connectivity index (χ2v) is 5.76. The quantitative estimate of drug-likeness (QED) is 0.476. The number of anilines is 1. The van der Waals surface area contributed by atoms with E-state index in [1.165, 1.54) is 30.3 Å². The number of aromatic nitrogens is 1. The zero-order chi connectivity index (χ0) is 14.7. The molecule has 0 aliphatic carbocycles. The number of nitrogen functional groups attached to an aromatic ring is 1. The highest BCUT2D eigenvalue weighted by Gasteiger charge is 1.99. The Labute approximate surface area is 124 Å². The maximum atomic E-state index is 12.6. The summed E-state index contributed by atoms with van der Waals surface area (Å²) < 4.78 is 25.9.